The van der Waals surface area contributed by atoms with Crippen LogP contribution >= 0.6 is 12.2 Å². The van der Waals surface area contributed by atoms with E-state index in [1.807, 2.05) is 36.4 Å². The average Bonchev–Trinajstić information content (AvgIpc) is 2.55. The van der Waals surface area contributed by atoms with Crippen molar-refractivity contribution in [3.63, 3.8) is 0 Å². The highest BCUT2D eigenvalue weighted by atomic mass is 32.1. The van der Waals surface area contributed by atoms with E-state index in [1.165, 1.54) is 5.56 Å². The number of para-hydroxylation sites is 1. The number of thiocarbonyl (C=S) groups is 1. The van der Waals surface area contributed by atoms with E-state index in [0.29, 0.717) is 0 Å². The Morgan fingerprint density at radius 2 is 1.52 bits per heavy atom. The molecular weight excluding hydrogens is 302 g/mol. The lowest BCUT2D eigenvalue weighted by molar-refractivity contribution is 0.346. The van der Waals surface area contributed by atoms with Gasteiger partial charge in [-0.15, -0.1) is 0 Å². The molecule has 2 aromatic carbocycles. The van der Waals surface area contributed by atoms with Gasteiger partial charge in [0.1, 0.15) is 0 Å². The molecule has 0 aliphatic carbocycles. The average molecular weight is 327 g/mol. The second-order valence-electron chi connectivity index (χ2n) is 5.86. The van der Waals surface area contributed by atoms with E-state index in [4.69, 9.17) is 12.2 Å². The molecule has 2 aromatic rings. The Bertz CT molecular complexity index is 584. The maximum absolute atomic E-state index is 5.64. The van der Waals surface area contributed by atoms with Crippen molar-refractivity contribution >= 4 is 23.0 Å². The van der Waals surface area contributed by atoms with Gasteiger partial charge >= 0.3 is 0 Å². The summed E-state index contributed by atoms with van der Waals surface area (Å²) in [5.41, 5.74) is 2.30. The van der Waals surface area contributed by atoms with Crippen molar-refractivity contribution in [3.05, 3.63) is 66.2 Å². The number of hydrogen-bond acceptors (Lipinski definition) is 2. The molecule has 0 heterocycles. The molecule has 0 amide bonds. The Morgan fingerprint density at radius 1 is 0.913 bits per heavy atom. The minimum absolute atomic E-state index is 0.777. The molecule has 1 N–H and O–H groups in total. The van der Waals surface area contributed by atoms with Crippen molar-refractivity contribution in [2.75, 3.05) is 32.5 Å². The minimum atomic E-state index is 0.777. The summed E-state index contributed by atoms with van der Waals surface area (Å²) in [5, 5.41) is 4.12. The standard InChI is InChI=1S/C19H25N3S/c1-21(2)14-9-15-22(16-17-10-5-3-6-11-17)19(23)20-18-12-7-4-8-13-18/h3-8,10-13H,9,14-16H2,1-2H3,(H,20,23). The fourth-order valence-corrected chi connectivity index (χ4v) is 2.63. The van der Waals surface area contributed by atoms with Crippen molar-refractivity contribution < 1.29 is 0 Å². The summed E-state index contributed by atoms with van der Waals surface area (Å²) in [6.45, 7) is 2.82. The normalized spacial score (nSPS) is 10.6. The van der Waals surface area contributed by atoms with Crippen LogP contribution in [0.25, 0.3) is 0 Å². The van der Waals surface area contributed by atoms with Gasteiger partial charge in [-0.3, -0.25) is 0 Å². The van der Waals surface area contributed by atoms with Crippen LogP contribution in [0.5, 0.6) is 0 Å². The van der Waals surface area contributed by atoms with E-state index in [-0.39, 0.29) is 0 Å². The molecule has 0 saturated heterocycles. The predicted octanol–water partition coefficient (Wildman–Crippen LogP) is 3.84. The Hall–Kier alpha value is -1.91. The third-order valence-corrected chi connectivity index (χ3v) is 3.92. The smallest absolute Gasteiger partial charge is 0.173 e. The number of hydrogen-bond donors (Lipinski definition) is 1. The van der Waals surface area contributed by atoms with Crippen LogP contribution in [0.2, 0.25) is 0 Å². The topological polar surface area (TPSA) is 18.5 Å². The molecule has 0 aliphatic heterocycles. The molecule has 0 radical (unpaired) electrons. The van der Waals surface area contributed by atoms with Crippen molar-refractivity contribution in [3.8, 4) is 0 Å². The molecule has 0 saturated carbocycles. The van der Waals surface area contributed by atoms with Gasteiger partial charge in [0.15, 0.2) is 5.11 Å². The van der Waals surface area contributed by atoms with Crippen LogP contribution < -0.4 is 5.32 Å². The van der Waals surface area contributed by atoms with E-state index in [2.05, 4.69) is 53.5 Å². The van der Waals surface area contributed by atoms with Gasteiger partial charge in [0, 0.05) is 18.8 Å². The Labute approximate surface area is 144 Å². The van der Waals surface area contributed by atoms with E-state index in [1.54, 1.807) is 0 Å². The SMILES string of the molecule is CN(C)CCCN(Cc1ccccc1)C(=S)Nc1ccccc1. The van der Waals surface area contributed by atoms with Gasteiger partial charge in [-0.05, 0) is 57.0 Å². The van der Waals surface area contributed by atoms with Gasteiger partial charge in [-0.1, -0.05) is 48.5 Å². The zero-order valence-corrected chi connectivity index (χ0v) is 14.7. The van der Waals surface area contributed by atoms with E-state index >= 15 is 0 Å². The first-order chi connectivity index (χ1) is 11.1. The van der Waals surface area contributed by atoms with Gasteiger partial charge < -0.3 is 15.1 Å². The Kier molecular flexibility index (Phi) is 7.04. The maximum Gasteiger partial charge on any atom is 0.173 e. The first-order valence-corrected chi connectivity index (χ1v) is 8.35. The molecule has 0 atom stereocenters. The van der Waals surface area contributed by atoms with E-state index in [0.717, 1.165) is 36.9 Å². The number of nitrogens with zero attached hydrogens (tertiary/aromatic N) is 2. The van der Waals surface area contributed by atoms with Gasteiger partial charge in [0.2, 0.25) is 0 Å². The Balaban J connectivity index is 2.00. The summed E-state index contributed by atoms with van der Waals surface area (Å²) in [4.78, 5) is 4.44. The molecule has 0 aromatic heterocycles. The van der Waals surface area contributed by atoms with Crippen molar-refractivity contribution in [1.82, 2.24) is 9.80 Å². The molecule has 2 rings (SSSR count). The number of anilines is 1. The summed E-state index contributed by atoms with van der Waals surface area (Å²) < 4.78 is 0. The summed E-state index contributed by atoms with van der Waals surface area (Å²) in [6.07, 6.45) is 1.08. The third-order valence-electron chi connectivity index (χ3n) is 3.56. The highest BCUT2D eigenvalue weighted by molar-refractivity contribution is 7.80. The van der Waals surface area contributed by atoms with E-state index < -0.39 is 0 Å². The fourth-order valence-electron chi connectivity index (χ4n) is 2.36. The van der Waals surface area contributed by atoms with Crippen LogP contribution in [0.3, 0.4) is 0 Å². The second-order valence-corrected chi connectivity index (χ2v) is 6.25. The van der Waals surface area contributed by atoms with Gasteiger partial charge in [0.25, 0.3) is 0 Å². The predicted molar refractivity (Wildman–Crippen MR) is 103 cm³/mol. The fraction of sp³-hybridized carbons (Fsp3) is 0.316. The molecule has 23 heavy (non-hydrogen) atoms. The molecule has 122 valence electrons. The van der Waals surface area contributed by atoms with Crippen molar-refractivity contribution in [2.45, 2.75) is 13.0 Å². The summed E-state index contributed by atoms with van der Waals surface area (Å²) in [5.74, 6) is 0. The molecule has 4 heteroatoms. The van der Waals surface area contributed by atoms with Crippen molar-refractivity contribution in [2.24, 2.45) is 0 Å². The maximum atomic E-state index is 5.64. The molecular formula is C19H25N3S. The van der Waals surface area contributed by atoms with Crippen molar-refractivity contribution in [1.29, 1.82) is 0 Å². The third kappa shape index (κ3) is 6.38. The zero-order chi connectivity index (χ0) is 16.5. The summed E-state index contributed by atoms with van der Waals surface area (Å²) >= 11 is 5.64. The zero-order valence-electron chi connectivity index (χ0n) is 13.9. The highest BCUT2D eigenvalue weighted by Gasteiger charge is 2.10. The quantitative estimate of drug-likeness (QED) is 0.779. The van der Waals surface area contributed by atoms with Crippen LogP contribution in [0.4, 0.5) is 5.69 Å². The van der Waals surface area contributed by atoms with E-state index in [9.17, 15) is 0 Å². The minimum Gasteiger partial charge on any atom is -0.345 e. The second kappa shape index (κ2) is 9.28. The Morgan fingerprint density at radius 3 is 2.13 bits per heavy atom. The number of nitrogens with one attached hydrogen (secondary N) is 1. The summed E-state index contributed by atoms with van der Waals surface area (Å²) in [6, 6.07) is 20.6. The lowest BCUT2D eigenvalue weighted by Gasteiger charge is -2.26. The first kappa shape index (κ1) is 17.4. The molecule has 0 unspecified atom stereocenters. The van der Waals surface area contributed by atoms with Crippen LogP contribution in [0.15, 0.2) is 60.7 Å². The highest BCUT2D eigenvalue weighted by Crippen LogP contribution is 2.10. The molecule has 0 aliphatic rings. The van der Waals surface area contributed by atoms with Gasteiger partial charge in [-0.25, -0.2) is 0 Å². The lowest BCUT2D eigenvalue weighted by atomic mass is 10.2. The largest absolute Gasteiger partial charge is 0.345 e. The number of rotatable bonds is 7. The molecule has 0 bridgehead atoms. The molecule has 3 nitrogen and oxygen atoms in total. The van der Waals surface area contributed by atoms with Gasteiger partial charge in [0.05, 0.1) is 0 Å². The first-order valence-electron chi connectivity index (χ1n) is 7.95. The summed E-state index contributed by atoms with van der Waals surface area (Å²) in [7, 11) is 4.20. The molecule has 0 spiro atoms. The van der Waals surface area contributed by atoms with Gasteiger partial charge in [-0.2, -0.15) is 0 Å². The van der Waals surface area contributed by atoms with Crippen LogP contribution in [0, 0.1) is 0 Å². The number of benzene rings is 2. The monoisotopic (exact) mass is 327 g/mol. The van der Waals surface area contributed by atoms with Crippen LogP contribution in [-0.4, -0.2) is 42.1 Å². The van der Waals surface area contributed by atoms with Crippen LogP contribution in [0.1, 0.15) is 12.0 Å². The van der Waals surface area contributed by atoms with Crippen LogP contribution in [-0.2, 0) is 6.54 Å². The lowest BCUT2D eigenvalue weighted by Crippen LogP contribution is -2.36. The molecule has 0 fully saturated rings.